The van der Waals surface area contributed by atoms with E-state index in [0.717, 1.165) is 22.6 Å². The second-order valence-corrected chi connectivity index (χ2v) is 8.16. The van der Waals surface area contributed by atoms with Gasteiger partial charge in [0, 0.05) is 23.0 Å². The number of para-hydroxylation sites is 1. The fourth-order valence-electron chi connectivity index (χ4n) is 3.43. The van der Waals surface area contributed by atoms with Gasteiger partial charge in [0.1, 0.15) is 12.4 Å². The van der Waals surface area contributed by atoms with Crippen molar-refractivity contribution < 1.29 is 9.53 Å². The summed E-state index contributed by atoms with van der Waals surface area (Å²) < 4.78 is 8.08. The van der Waals surface area contributed by atoms with Crippen molar-refractivity contribution in [2.45, 2.75) is 51.4 Å². The van der Waals surface area contributed by atoms with Crippen LogP contribution in [0.3, 0.4) is 0 Å². The number of carbonyl (C=O) groups excluding carboxylic acids is 1. The Balaban J connectivity index is 1.34. The van der Waals surface area contributed by atoms with Gasteiger partial charge in [-0.25, -0.2) is 4.98 Å². The molecule has 0 bridgehead atoms. The summed E-state index contributed by atoms with van der Waals surface area (Å²) in [7, 11) is 0. The third kappa shape index (κ3) is 3.99. The summed E-state index contributed by atoms with van der Waals surface area (Å²) in [6.07, 6.45) is 2.42. The standard InChI is InChI=1S/C21H24N4O2S/c1-13-6-4-5-7-19(13)27-11-20-22-21(24-23-20)28-12-18(26)17-10-14(2)25(15(17)3)16-8-9-16/h4-7,10,16H,8-9,11-12H2,1-3H3,(H,22,23,24). The molecule has 1 saturated carbocycles. The predicted octanol–water partition coefficient (Wildman–Crippen LogP) is 4.42. The maximum absolute atomic E-state index is 12.7. The number of carbonyl (C=O) groups is 1. The highest BCUT2D eigenvalue weighted by Gasteiger charge is 2.28. The number of aromatic amines is 1. The normalized spacial score (nSPS) is 13.7. The Morgan fingerprint density at radius 1 is 1.29 bits per heavy atom. The number of Topliss-reactive ketones (excluding diaryl/α,β-unsaturated/α-hetero) is 1. The molecule has 0 unspecified atom stereocenters. The van der Waals surface area contributed by atoms with Gasteiger partial charge in [0.15, 0.2) is 11.6 Å². The lowest BCUT2D eigenvalue weighted by Crippen LogP contribution is -2.06. The number of benzene rings is 1. The van der Waals surface area contributed by atoms with Crippen LogP contribution in [0.15, 0.2) is 35.5 Å². The van der Waals surface area contributed by atoms with Crippen LogP contribution in [0.25, 0.3) is 0 Å². The van der Waals surface area contributed by atoms with Gasteiger partial charge in [0.05, 0.1) is 5.75 Å². The lowest BCUT2D eigenvalue weighted by Gasteiger charge is -2.07. The maximum Gasteiger partial charge on any atom is 0.208 e. The van der Waals surface area contributed by atoms with E-state index in [-0.39, 0.29) is 5.78 Å². The Morgan fingerprint density at radius 2 is 2.07 bits per heavy atom. The van der Waals surface area contributed by atoms with Gasteiger partial charge < -0.3 is 9.30 Å². The summed E-state index contributed by atoms with van der Waals surface area (Å²) >= 11 is 1.35. The van der Waals surface area contributed by atoms with E-state index >= 15 is 0 Å². The molecule has 1 aromatic carbocycles. The molecule has 3 aromatic rings. The van der Waals surface area contributed by atoms with Gasteiger partial charge in [0.25, 0.3) is 0 Å². The molecule has 0 amide bonds. The minimum atomic E-state index is 0.118. The Morgan fingerprint density at radius 3 is 2.82 bits per heavy atom. The molecule has 1 aliphatic carbocycles. The highest BCUT2D eigenvalue weighted by molar-refractivity contribution is 7.99. The molecule has 0 aliphatic heterocycles. The quantitative estimate of drug-likeness (QED) is 0.451. The van der Waals surface area contributed by atoms with Gasteiger partial charge in [-0.3, -0.25) is 9.89 Å². The first-order chi connectivity index (χ1) is 13.5. The Hall–Kier alpha value is -2.54. The fraction of sp³-hybridized carbons (Fsp3) is 0.381. The lowest BCUT2D eigenvalue weighted by atomic mass is 10.2. The molecule has 4 rings (SSSR count). The number of nitrogens with zero attached hydrogens (tertiary/aromatic N) is 3. The number of ketones is 1. The van der Waals surface area contributed by atoms with Gasteiger partial charge in [-0.15, -0.1) is 5.10 Å². The molecule has 1 fully saturated rings. The van der Waals surface area contributed by atoms with E-state index in [0.29, 0.717) is 29.4 Å². The van der Waals surface area contributed by atoms with Gasteiger partial charge in [-0.1, -0.05) is 30.0 Å². The lowest BCUT2D eigenvalue weighted by molar-refractivity contribution is 0.102. The summed E-state index contributed by atoms with van der Waals surface area (Å²) in [5.41, 5.74) is 4.14. The molecule has 2 aromatic heterocycles. The van der Waals surface area contributed by atoms with Crippen LogP contribution >= 0.6 is 11.8 Å². The van der Waals surface area contributed by atoms with Gasteiger partial charge in [0.2, 0.25) is 5.16 Å². The summed E-state index contributed by atoms with van der Waals surface area (Å²) in [6.45, 7) is 6.43. The molecule has 146 valence electrons. The zero-order valence-electron chi connectivity index (χ0n) is 16.4. The van der Waals surface area contributed by atoms with Crippen LogP contribution in [-0.4, -0.2) is 31.3 Å². The molecule has 1 aliphatic rings. The van der Waals surface area contributed by atoms with E-state index in [2.05, 4.69) is 26.7 Å². The summed E-state index contributed by atoms with van der Waals surface area (Å²) in [5, 5.41) is 7.64. The van der Waals surface area contributed by atoms with E-state index in [1.54, 1.807) is 0 Å². The van der Waals surface area contributed by atoms with Crippen LogP contribution in [-0.2, 0) is 6.61 Å². The van der Waals surface area contributed by atoms with E-state index < -0.39 is 0 Å². The third-order valence-corrected chi connectivity index (χ3v) is 5.85. The SMILES string of the molecule is Cc1ccccc1OCc1nc(SCC(=O)c2cc(C)n(C3CC3)c2C)n[nH]1. The van der Waals surface area contributed by atoms with Crippen LogP contribution in [0, 0.1) is 20.8 Å². The van der Waals surface area contributed by atoms with E-state index in [1.165, 1.54) is 30.3 Å². The number of rotatable bonds is 8. The van der Waals surface area contributed by atoms with Crippen LogP contribution < -0.4 is 4.74 Å². The van der Waals surface area contributed by atoms with Crippen molar-refractivity contribution in [2.75, 3.05) is 5.75 Å². The molecule has 0 atom stereocenters. The number of hydrogen-bond acceptors (Lipinski definition) is 5. The number of hydrogen-bond donors (Lipinski definition) is 1. The average molecular weight is 397 g/mol. The van der Waals surface area contributed by atoms with Gasteiger partial charge in [-0.2, -0.15) is 0 Å². The van der Waals surface area contributed by atoms with Crippen LogP contribution in [0.5, 0.6) is 5.75 Å². The van der Waals surface area contributed by atoms with Crippen molar-refractivity contribution in [1.29, 1.82) is 0 Å². The third-order valence-electron chi connectivity index (χ3n) is 5.00. The minimum Gasteiger partial charge on any atom is -0.485 e. The highest BCUT2D eigenvalue weighted by Crippen LogP contribution is 2.38. The molecule has 7 heteroatoms. The van der Waals surface area contributed by atoms with E-state index in [1.807, 2.05) is 44.2 Å². The topological polar surface area (TPSA) is 72.8 Å². The molecule has 28 heavy (non-hydrogen) atoms. The molecule has 0 spiro atoms. The Labute approximate surface area is 168 Å². The largest absolute Gasteiger partial charge is 0.485 e. The number of thioether (sulfide) groups is 1. The van der Waals surface area contributed by atoms with E-state index in [9.17, 15) is 4.79 Å². The summed E-state index contributed by atoms with van der Waals surface area (Å²) in [4.78, 5) is 17.1. The predicted molar refractivity (Wildman–Crippen MR) is 109 cm³/mol. The highest BCUT2D eigenvalue weighted by atomic mass is 32.2. The van der Waals surface area contributed by atoms with Crippen molar-refractivity contribution in [2.24, 2.45) is 0 Å². The van der Waals surface area contributed by atoms with Crippen LogP contribution in [0.4, 0.5) is 0 Å². The zero-order valence-corrected chi connectivity index (χ0v) is 17.2. The van der Waals surface area contributed by atoms with Crippen LogP contribution in [0.2, 0.25) is 0 Å². The average Bonchev–Trinajstić information content (AvgIpc) is 3.32. The zero-order chi connectivity index (χ0) is 19.7. The van der Waals surface area contributed by atoms with Crippen molar-refractivity contribution >= 4 is 17.5 Å². The molecular weight excluding hydrogens is 372 g/mol. The van der Waals surface area contributed by atoms with E-state index in [4.69, 9.17) is 4.74 Å². The first-order valence-corrected chi connectivity index (χ1v) is 10.5. The van der Waals surface area contributed by atoms with Crippen molar-refractivity contribution in [3.63, 3.8) is 0 Å². The van der Waals surface area contributed by atoms with Crippen LogP contribution in [0.1, 0.15) is 52.0 Å². The van der Waals surface area contributed by atoms with Gasteiger partial charge in [-0.05, 0) is 51.3 Å². The molecule has 6 nitrogen and oxygen atoms in total. The number of aryl methyl sites for hydroxylation is 2. The minimum absolute atomic E-state index is 0.118. The smallest absolute Gasteiger partial charge is 0.208 e. The summed E-state index contributed by atoms with van der Waals surface area (Å²) in [5.74, 6) is 1.91. The van der Waals surface area contributed by atoms with Crippen molar-refractivity contribution in [3.8, 4) is 5.75 Å². The van der Waals surface area contributed by atoms with Crippen molar-refractivity contribution in [1.82, 2.24) is 19.7 Å². The second-order valence-electron chi connectivity index (χ2n) is 7.22. The molecule has 2 heterocycles. The molecular formula is C21H24N4O2S. The number of ether oxygens (including phenoxy) is 1. The first kappa shape index (κ1) is 18.8. The monoisotopic (exact) mass is 396 g/mol. The summed E-state index contributed by atoms with van der Waals surface area (Å²) in [6, 6.07) is 10.4. The second kappa shape index (κ2) is 7.83. The number of aromatic nitrogens is 4. The molecule has 0 radical (unpaired) electrons. The Kier molecular flexibility index (Phi) is 5.26. The number of nitrogens with one attached hydrogen (secondary N) is 1. The van der Waals surface area contributed by atoms with Gasteiger partial charge >= 0.3 is 0 Å². The van der Waals surface area contributed by atoms with Crippen molar-refractivity contribution in [3.05, 3.63) is 58.7 Å². The molecule has 0 saturated heterocycles. The number of H-pyrrole nitrogens is 1. The Bertz CT molecular complexity index is 1000. The fourth-order valence-corrected chi connectivity index (χ4v) is 4.13. The maximum atomic E-state index is 12.7. The first-order valence-electron chi connectivity index (χ1n) is 9.47. The molecule has 1 N–H and O–H groups in total.